The summed E-state index contributed by atoms with van der Waals surface area (Å²) in [7, 11) is -3.71. The summed E-state index contributed by atoms with van der Waals surface area (Å²) in [5, 5.41) is 13.9. The van der Waals surface area contributed by atoms with E-state index >= 15 is 0 Å². The molecular formula is C21H24N6O3S. The molecule has 162 valence electrons. The first-order valence-corrected chi connectivity index (χ1v) is 11.5. The van der Waals surface area contributed by atoms with Gasteiger partial charge in [0.2, 0.25) is 15.9 Å². The van der Waals surface area contributed by atoms with Crippen LogP contribution in [0, 0.1) is 19.8 Å². The number of hydrogen-bond donors (Lipinski definition) is 1. The summed E-state index contributed by atoms with van der Waals surface area (Å²) < 4.78 is 29.2. The Balaban J connectivity index is 1.48. The summed E-state index contributed by atoms with van der Waals surface area (Å²) in [6.07, 6.45) is 2.72. The normalized spacial score (nSPS) is 17.4. The van der Waals surface area contributed by atoms with Crippen molar-refractivity contribution in [2.24, 2.45) is 5.92 Å². The zero-order chi connectivity index (χ0) is 22.0. The zero-order valence-corrected chi connectivity index (χ0v) is 18.2. The van der Waals surface area contributed by atoms with Crippen LogP contribution in [-0.4, -0.2) is 51.9 Å². The van der Waals surface area contributed by atoms with Gasteiger partial charge in [0, 0.05) is 18.8 Å². The second kappa shape index (κ2) is 8.56. The first kappa shape index (κ1) is 21.1. The summed E-state index contributed by atoms with van der Waals surface area (Å²) in [5.41, 5.74) is 3.53. The van der Waals surface area contributed by atoms with Crippen LogP contribution < -0.4 is 5.32 Å². The number of amides is 1. The number of nitrogens with one attached hydrogen (secondary N) is 1. The maximum absolute atomic E-state index is 13.2. The van der Waals surface area contributed by atoms with Crippen molar-refractivity contribution in [3.05, 3.63) is 59.9 Å². The van der Waals surface area contributed by atoms with Crippen LogP contribution in [0.15, 0.2) is 53.7 Å². The topological polar surface area (TPSA) is 110 Å². The molecule has 0 unspecified atom stereocenters. The van der Waals surface area contributed by atoms with Gasteiger partial charge in [0.1, 0.15) is 6.33 Å². The summed E-state index contributed by atoms with van der Waals surface area (Å²) in [5.74, 6) is -0.549. The number of benzene rings is 2. The summed E-state index contributed by atoms with van der Waals surface area (Å²) in [4.78, 5) is 13.0. The summed E-state index contributed by atoms with van der Waals surface area (Å²) >= 11 is 0. The summed E-state index contributed by atoms with van der Waals surface area (Å²) in [6, 6.07) is 12.1. The van der Waals surface area contributed by atoms with Crippen LogP contribution in [0.25, 0.3) is 5.69 Å². The number of tetrazole rings is 1. The van der Waals surface area contributed by atoms with Crippen molar-refractivity contribution < 1.29 is 13.2 Å². The Morgan fingerprint density at radius 1 is 1.13 bits per heavy atom. The fourth-order valence-electron chi connectivity index (χ4n) is 3.70. The van der Waals surface area contributed by atoms with E-state index in [0.29, 0.717) is 25.1 Å². The Morgan fingerprint density at radius 2 is 1.90 bits per heavy atom. The minimum absolute atomic E-state index is 0.150. The molecular weight excluding hydrogens is 416 g/mol. The fourth-order valence-corrected chi connectivity index (χ4v) is 5.22. The zero-order valence-electron chi connectivity index (χ0n) is 17.4. The molecule has 1 amide bonds. The monoisotopic (exact) mass is 440 g/mol. The van der Waals surface area contributed by atoms with Gasteiger partial charge in [-0.15, -0.1) is 5.10 Å². The first-order valence-electron chi connectivity index (χ1n) is 10.1. The fraction of sp³-hybridized carbons (Fsp3) is 0.333. The van der Waals surface area contributed by atoms with Crippen molar-refractivity contribution in [2.75, 3.05) is 18.4 Å². The van der Waals surface area contributed by atoms with Crippen LogP contribution in [0.5, 0.6) is 0 Å². The maximum atomic E-state index is 13.2. The minimum atomic E-state index is -3.71. The molecule has 10 heteroatoms. The molecule has 1 atom stereocenters. The van der Waals surface area contributed by atoms with Crippen LogP contribution in [0.2, 0.25) is 0 Å². The molecule has 0 bridgehead atoms. The van der Waals surface area contributed by atoms with Gasteiger partial charge in [-0.3, -0.25) is 4.79 Å². The number of sulfonamides is 1. The van der Waals surface area contributed by atoms with Gasteiger partial charge in [-0.25, -0.2) is 13.1 Å². The molecule has 9 nitrogen and oxygen atoms in total. The van der Waals surface area contributed by atoms with Gasteiger partial charge in [0.15, 0.2) is 0 Å². The van der Waals surface area contributed by atoms with Gasteiger partial charge < -0.3 is 5.32 Å². The molecule has 2 aromatic carbocycles. The molecule has 3 aromatic rings. The Kier molecular flexibility index (Phi) is 5.84. The molecule has 1 saturated heterocycles. The van der Waals surface area contributed by atoms with Crippen LogP contribution in [0.3, 0.4) is 0 Å². The smallest absolute Gasteiger partial charge is 0.243 e. The lowest BCUT2D eigenvalue weighted by molar-refractivity contribution is -0.120. The molecule has 2 heterocycles. The van der Waals surface area contributed by atoms with Crippen LogP contribution in [0.1, 0.15) is 24.0 Å². The number of carbonyl (C=O) groups is 1. The Bertz CT molecular complexity index is 1180. The predicted octanol–water partition coefficient (Wildman–Crippen LogP) is 2.32. The van der Waals surface area contributed by atoms with Gasteiger partial charge in [-0.05, 0) is 78.6 Å². The van der Waals surface area contributed by atoms with E-state index < -0.39 is 15.9 Å². The molecule has 1 aromatic heterocycles. The predicted molar refractivity (Wildman–Crippen MR) is 115 cm³/mol. The molecule has 1 fully saturated rings. The second-order valence-corrected chi connectivity index (χ2v) is 9.63. The lowest BCUT2D eigenvalue weighted by Gasteiger charge is -2.31. The number of hydrogen-bond acceptors (Lipinski definition) is 6. The van der Waals surface area contributed by atoms with E-state index in [-0.39, 0.29) is 17.3 Å². The average molecular weight is 441 g/mol. The first-order chi connectivity index (χ1) is 14.9. The van der Waals surface area contributed by atoms with E-state index in [4.69, 9.17) is 0 Å². The van der Waals surface area contributed by atoms with Gasteiger partial charge >= 0.3 is 0 Å². The Hall–Kier alpha value is -3.11. The largest absolute Gasteiger partial charge is 0.326 e. The number of anilines is 1. The van der Waals surface area contributed by atoms with Crippen LogP contribution in [-0.2, 0) is 14.8 Å². The van der Waals surface area contributed by atoms with Crippen molar-refractivity contribution in [2.45, 2.75) is 31.6 Å². The van der Waals surface area contributed by atoms with Gasteiger partial charge in [0.25, 0.3) is 0 Å². The van der Waals surface area contributed by atoms with E-state index in [0.717, 1.165) is 16.8 Å². The molecule has 1 aliphatic rings. The quantitative estimate of drug-likeness (QED) is 0.652. The maximum Gasteiger partial charge on any atom is 0.243 e. The number of carbonyl (C=O) groups excluding carboxylic acids is 1. The molecule has 0 aliphatic carbocycles. The van der Waals surface area contributed by atoms with Crippen molar-refractivity contribution in [1.29, 1.82) is 0 Å². The molecule has 1 aliphatic heterocycles. The lowest BCUT2D eigenvalue weighted by atomic mass is 9.98. The highest BCUT2D eigenvalue weighted by molar-refractivity contribution is 7.89. The molecule has 0 saturated carbocycles. The number of aryl methyl sites for hydroxylation is 1. The molecule has 1 N–H and O–H groups in total. The van der Waals surface area contributed by atoms with Crippen LogP contribution >= 0.6 is 0 Å². The Labute approximate surface area is 181 Å². The van der Waals surface area contributed by atoms with E-state index in [9.17, 15) is 13.2 Å². The van der Waals surface area contributed by atoms with Crippen molar-refractivity contribution in [3.8, 4) is 5.69 Å². The minimum Gasteiger partial charge on any atom is -0.326 e. The van der Waals surface area contributed by atoms with E-state index in [1.165, 1.54) is 27.4 Å². The third-order valence-corrected chi connectivity index (χ3v) is 7.58. The number of aromatic nitrogens is 4. The lowest BCUT2D eigenvalue weighted by Crippen LogP contribution is -2.43. The molecule has 31 heavy (non-hydrogen) atoms. The molecule has 0 radical (unpaired) electrons. The SMILES string of the molecule is Cc1cccc(NC(=O)[C@H]2CCCN(S(=O)(=O)c3ccc(-n4cnnn4)cc3)C2)c1C. The second-order valence-electron chi connectivity index (χ2n) is 7.69. The van der Waals surface area contributed by atoms with Gasteiger partial charge in [-0.1, -0.05) is 12.1 Å². The van der Waals surface area contributed by atoms with Crippen molar-refractivity contribution in [1.82, 2.24) is 24.5 Å². The molecule has 0 spiro atoms. The molecule has 4 rings (SSSR count). The van der Waals surface area contributed by atoms with Crippen molar-refractivity contribution >= 4 is 21.6 Å². The Morgan fingerprint density at radius 3 is 2.61 bits per heavy atom. The van der Waals surface area contributed by atoms with Crippen molar-refractivity contribution in [3.63, 3.8) is 0 Å². The summed E-state index contributed by atoms with van der Waals surface area (Å²) in [6.45, 7) is 4.50. The highest BCUT2D eigenvalue weighted by Gasteiger charge is 2.33. The van der Waals surface area contributed by atoms with Gasteiger partial charge in [-0.2, -0.15) is 4.31 Å². The number of nitrogens with zero attached hydrogens (tertiary/aromatic N) is 5. The van der Waals surface area contributed by atoms with E-state index in [2.05, 4.69) is 20.8 Å². The number of piperidine rings is 1. The van der Waals surface area contributed by atoms with E-state index in [1.807, 2.05) is 32.0 Å². The highest BCUT2D eigenvalue weighted by atomic mass is 32.2. The average Bonchev–Trinajstić information content (AvgIpc) is 3.32. The highest BCUT2D eigenvalue weighted by Crippen LogP contribution is 2.26. The third-order valence-electron chi connectivity index (χ3n) is 5.71. The van der Waals surface area contributed by atoms with Gasteiger partial charge in [0.05, 0.1) is 16.5 Å². The van der Waals surface area contributed by atoms with Crippen LogP contribution in [0.4, 0.5) is 5.69 Å². The van der Waals surface area contributed by atoms with E-state index in [1.54, 1.807) is 12.1 Å². The number of rotatable bonds is 5. The standard InChI is InChI=1S/C21H24N6O3S/c1-15-5-3-7-20(16(15)2)23-21(28)17-6-4-12-26(13-17)31(29,30)19-10-8-18(9-11-19)27-14-22-24-25-27/h3,5,7-11,14,17H,4,6,12-13H2,1-2H3,(H,23,28)/t17-/m0/s1. The third kappa shape index (κ3) is 4.35.